The summed E-state index contributed by atoms with van der Waals surface area (Å²) in [6, 6.07) is 0. The molecule has 0 saturated carbocycles. The summed E-state index contributed by atoms with van der Waals surface area (Å²) in [5, 5.41) is 0. The van der Waals surface area contributed by atoms with Crippen LogP contribution in [0.15, 0.2) is 0 Å². The van der Waals surface area contributed by atoms with Gasteiger partial charge in [0.15, 0.2) is 0 Å². The maximum absolute atomic E-state index is 6.78. The Morgan fingerprint density at radius 2 is 2.75 bits per heavy atom. The van der Waals surface area contributed by atoms with Crippen LogP contribution < -0.4 is 0 Å². The van der Waals surface area contributed by atoms with Gasteiger partial charge >= 0.3 is 0 Å². The van der Waals surface area contributed by atoms with Crippen molar-refractivity contribution in [1.29, 1.82) is 0 Å². The van der Waals surface area contributed by atoms with Crippen molar-refractivity contribution in [3.63, 3.8) is 0 Å². The molecule has 0 amide bonds. The molecular weight excluding hydrogens is 183 g/mol. The van der Waals surface area contributed by atoms with Crippen molar-refractivity contribution >= 4 is 30.1 Å². The Labute approximate surface area is 44.3 Å². The van der Waals surface area contributed by atoms with Gasteiger partial charge in [0.2, 0.25) is 0 Å². The Kier molecular flexibility index (Phi) is 3.34. The van der Waals surface area contributed by atoms with Crippen molar-refractivity contribution in [1.82, 2.24) is 0 Å². The first-order valence-electron chi connectivity index (χ1n) is 1.54. The van der Waals surface area contributed by atoms with E-state index in [0.717, 1.165) is 0 Å². The molecule has 0 rings (SSSR count). The summed E-state index contributed by atoms with van der Waals surface area (Å²) >= 11 is 2.11. The Balaban J connectivity index is 2.54. The highest BCUT2D eigenvalue weighted by Crippen LogP contribution is 2.07. The molecule has 4 heavy (non-hydrogen) atoms. The van der Waals surface area contributed by atoms with E-state index in [1.54, 1.807) is 0 Å². The molecule has 2 heteroatoms. The molecule has 0 spiro atoms. The summed E-state index contributed by atoms with van der Waals surface area (Å²) in [6.45, 7) is 1.84. The number of hydrogen-bond acceptors (Lipinski definition) is 1. The molecule has 1 unspecified atom stereocenters. The molecular formula is C2H5IS. The molecule has 0 aliphatic rings. The van der Waals surface area contributed by atoms with E-state index in [-0.39, 0.29) is 5.73 Å². The second kappa shape index (κ2) is 4.08. The predicted octanol–water partition coefficient (Wildman–Crippen LogP) is 2.09. The van der Waals surface area contributed by atoms with E-state index < -0.39 is 0 Å². The first-order valence-corrected chi connectivity index (χ1v) is 4.39. The molecule has 0 aromatic heterocycles. The molecule has 0 aliphatic heterocycles. The van der Waals surface area contributed by atoms with Crippen LogP contribution in [0.1, 0.15) is 8.29 Å². The lowest BCUT2D eigenvalue weighted by atomic mass is 11.0. The van der Waals surface area contributed by atoms with Crippen LogP contribution in [0.5, 0.6) is 0 Å². The van der Waals surface area contributed by atoms with E-state index in [4.69, 9.17) is 1.37 Å². The molecule has 0 N–H and O–H groups in total. The summed E-state index contributed by atoms with van der Waals surface area (Å²) in [4.78, 5) is 0. The zero-order valence-electron chi connectivity index (χ0n) is 3.36. The maximum atomic E-state index is 6.78. The van der Waals surface area contributed by atoms with E-state index >= 15 is 0 Å². The molecule has 0 radical (unpaired) electrons. The summed E-state index contributed by atoms with van der Waals surface area (Å²) in [5.74, 6) is 0. The third kappa shape index (κ3) is 3.08. The smallest absolute Gasteiger partial charge is 0.0386 e. The molecule has 1 atom stereocenters. The quantitative estimate of drug-likeness (QED) is 0.569. The molecule has 0 nitrogen and oxygen atoms in total. The fourth-order valence-corrected chi connectivity index (χ4v) is 0. The highest BCUT2D eigenvalue weighted by atomic mass is 127. The van der Waals surface area contributed by atoms with Gasteiger partial charge in [-0.3, -0.25) is 0 Å². The third-order valence-corrected chi connectivity index (χ3v) is 1.79. The molecule has 26 valence electrons. The topological polar surface area (TPSA) is 0 Å². The van der Waals surface area contributed by atoms with Crippen molar-refractivity contribution in [2.45, 2.75) is 6.92 Å². The van der Waals surface area contributed by atoms with Crippen molar-refractivity contribution < 1.29 is 1.37 Å². The van der Waals surface area contributed by atoms with Crippen LogP contribution in [-0.2, 0) is 0 Å². The standard InChI is InChI=1S/C2H5IS/c1-2-4-3/h2H2,1H3/i2D. The zero-order chi connectivity index (χ0) is 4.28. The second-order valence-corrected chi connectivity index (χ2v) is 2.50. The average Bonchev–Trinajstić information content (AvgIpc) is 1.38. The highest BCUT2D eigenvalue weighted by molar-refractivity contribution is 14.2. The molecule has 0 aromatic rings. The molecule has 0 fully saturated rings. The summed E-state index contributed by atoms with van der Waals surface area (Å²) in [6.07, 6.45) is 0. The number of halogens is 1. The summed E-state index contributed by atoms with van der Waals surface area (Å²) < 4.78 is 6.78. The van der Waals surface area contributed by atoms with Gasteiger partial charge in [-0.15, -0.1) is 0 Å². The molecule has 0 saturated heterocycles. The SMILES string of the molecule is [2H]C(C)SI. The van der Waals surface area contributed by atoms with Crippen molar-refractivity contribution in [2.75, 3.05) is 5.73 Å². The van der Waals surface area contributed by atoms with E-state index in [9.17, 15) is 0 Å². The molecule has 0 aliphatic carbocycles. The minimum Gasteiger partial charge on any atom is -0.0897 e. The van der Waals surface area contributed by atoms with Crippen LogP contribution in [0, 0.1) is 0 Å². The normalized spacial score (nSPS) is 19.0. The van der Waals surface area contributed by atoms with Crippen molar-refractivity contribution in [3.8, 4) is 0 Å². The van der Waals surface area contributed by atoms with Gasteiger partial charge in [0.25, 0.3) is 0 Å². The Morgan fingerprint density at radius 1 is 2.50 bits per heavy atom. The Hall–Kier alpha value is 1.08. The fourth-order valence-electron chi connectivity index (χ4n) is 0. The molecule has 0 aromatic carbocycles. The lowest BCUT2D eigenvalue weighted by molar-refractivity contribution is 1.54. The second-order valence-electron chi connectivity index (χ2n) is 0.325. The van der Waals surface area contributed by atoms with Gasteiger partial charge in [-0.1, -0.05) is 15.9 Å². The van der Waals surface area contributed by atoms with Gasteiger partial charge in [0, 0.05) is 7.10 Å². The minimum atomic E-state index is 0.0376. The number of hydrogen-bond donors (Lipinski definition) is 0. The van der Waals surface area contributed by atoms with Crippen molar-refractivity contribution in [2.24, 2.45) is 0 Å². The van der Waals surface area contributed by atoms with E-state index in [1.807, 2.05) is 6.92 Å². The summed E-state index contributed by atoms with van der Waals surface area (Å²) in [5.41, 5.74) is 0.0376. The molecule has 0 heterocycles. The van der Waals surface area contributed by atoms with E-state index in [2.05, 4.69) is 21.2 Å². The minimum absolute atomic E-state index is 0.0376. The van der Waals surface area contributed by atoms with Gasteiger partial charge in [0.1, 0.15) is 0 Å². The van der Waals surface area contributed by atoms with Crippen LogP contribution in [0.2, 0.25) is 0 Å². The van der Waals surface area contributed by atoms with Gasteiger partial charge in [-0.25, -0.2) is 0 Å². The van der Waals surface area contributed by atoms with E-state index in [0.29, 0.717) is 0 Å². The van der Waals surface area contributed by atoms with Gasteiger partial charge in [0.05, 0.1) is 0 Å². The lowest BCUT2D eigenvalue weighted by Crippen LogP contribution is -1.44. The van der Waals surface area contributed by atoms with Crippen LogP contribution >= 0.6 is 30.1 Å². The lowest BCUT2D eigenvalue weighted by Gasteiger charge is -1.66. The van der Waals surface area contributed by atoms with Gasteiger partial charge < -0.3 is 0 Å². The van der Waals surface area contributed by atoms with Crippen LogP contribution in [0.25, 0.3) is 0 Å². The maximum Gasteiger partial charge on any atom is 0.0386 e. The Bertz CT molecular complexity index is 23.6. The number of rotatable bonds is 1. The zero-order valence-corrected chi connectivity index (χ0v) is 5.34. The Morgan fingerprint density at radius 3 is 2.75 bits per heavy atom. The fraction of sp³-hybridized carbons (Fsp3) is 1.00. The highest BCUT2D eigenvalue weighted by Gasteiger charge is 1.58. The monoisotopic (exact) mass is 189 g/mol. The van der Waals surface area contributed by atoms with Crippen LogP contribution in [0.4, 0.5) is 0 Å². The van der Waals surface area contributed by atoms with Gasteiger partial charge in [-0.2, -0.15) is 0 Å². The van der Waals surface area contributed by atoms with Crippen LogP contribution in [-0.4, -0.2) is 5.73 Å². The predicted molar refractivity (Wildman–Crippen MR) is 32.2 cm³/mol. The van der Waals surface area contributed by atoms with Crippen LogP contribution in [0.3, 0.4) is 0 Å². The first kappa shape index (κ1) is 3.28. The van der Waals surface area contributed by atoms with E-state index in [1.165, 1.54) is 8.93 Å². The summed E-state index contributed by atoms with van der Waals surface area (Å²) in [7, 11) is 1.52. The van der Waals surface area contributed by atoms with Gasteiger partial charge in [-0.05, 0) is 21.2 Å². The van der Waals surface area contributed by atoms with Crippen molar-refractivity contribution in [3.05, 3.63) is 0 Å². The first-order chi connectivity index (χ1) is 2.27. The molecule has 0 bridgehead atoms. The largest absolute Gasteiger partial charge is 0.0897 e. The third-order valence-electron chi connectivity index (χ3n) is 0.0891. The average molecular weight is 189 g/mol.